The molecule has 5 heteroatoms. The molecular formula is C13H24N2O3. The van der Waals surface area contributed by atoms with E-state index in [9.17, 15) is 4.79 Å². The van der Waals surface area contributed by atoms with Crippen LogP contribution >= 0.6 is 0 Å². The minimum absolute atomic E-state index is 0.0345. The molecular weight excluding hydrogens is 232 g/mol. The van der Waals surface area contributed by atoms with Gasteiger partial charge in [0, 0.05) is 12.6 Å². The molecule has 1 saturated heterocycles. The molecule has 2 rings (SSSR count). The molecule has 5 nitrogen and oxygen atoms in total. The Morgan fingerprint density at radius 1 is 1.28 bits per heavy atom. The number of aliphatic hydroxyl groups excluding tert-OH is 1. The van der Waals surface area contributed by atoms with Crippen LogP contribution in [0.4, 0.5) is 0 Å². The number of amides is 1. The minimum atomic E-state index is 0.0345. The first-order chi connectivity index (χ1) is 8.81. The van der Waals surface area contributed by atoms with Gasteiger partial charge < -0.3 is 20.1 Å². The molecule has 1 saturated carbocycles. The van der Waals surface area contributed by atoms with Gasteiger partial charge in [-0.2, -0.15) is 0 Å². The first kappa shape index (κ1) is 13.8. The van der Waals surface area contributed by atoms with Crippen molar-refractivity contribution < 1.29 is 14.6 Å². The zero-order valence-electron chi connectivity index (χ0n) is 10.9. The molecule has 104 valence electrons. The van der Waals surface area contributed by atoms with Gasteiger partial charge >= 0.3 is 0 Å². The maximum absolute atomic E-state index is 12.1. The summed E-state index contributed by atoms with van der Waals surface area (Å²) in [7, 11) is 0. The highest BCUT2D eigenvalue weighted by Gasteiger charge is 2.28. The van der Waals surface area contributed by atoms with E-state index in [2.05, 4.69) is 5.32 Å². The third-order valence-corrected chi connectivity index (χ3v) is 3.91. The maximum Gasteiger partial charge on any atom is 0.248 e. The molecule has 0 radical (unpaired) electrons. The van der Waals surface area contributed by atoms with Crippen LogP contribution in [0.1, 0.15) is 32.1 Å². The van der Waals surface area contributed by atoms with Crippen LogP contribution in [-0.4, -0.2) is 60.9 Å². The van der Waals surface area contributed by atoms with Gasteiger partial charge in [-0.3, -0.25) is 4.79 Å². The number of rotatable bonds is 6. The molecule has 1 aliphatic heterocycles. The largest absolute Gasteiger partial charge is 0.395 e. The molecule has 0 aromatic carbocycles. The highest BCUT2D eigenvalue weighted by Crippen LogP contribution is 2.24. The first-order valence-electron chi connectivity index (χ1n) is 7.04. The Bertz CT molecular complexity index is 263. The van der Waals surface area contributed by atoms with Gasteiger partial charge in [0.15, 0.2) is 0 Å². The summed E-state index contributed by atoms with van der Waals surface area (Å²) in [6, 6.07) is 0.335. The average Bonchev–Trinajstić information content (AvgIpc) is 2.34. The Morgan fingerprint density at radius 2 is 2.00 bits per heavy atom. The number of aliphatic hydroxyl groups is 1. The van der Waals surface area contributed by atoms with Gasteiger partial charge in [0.05, 0.1) is 12.7 Å². The summed E-state index contributed by atoms with van der Waals surface area (Å²) in [4.78, 5) is 13.9. The van der Waals surface area contributed by atoms with E-state index in [1.807, 2.05) is 0 Å². The topological polar surface area (TPSA) is 61.8 Å². The lowest BCUT2D eigenvalue weighted by Gasteiger charge is -2.37. The third kappa shape index (κ3) is 3.67. The van der Waals surface area contributed by atoms with Crippen LogP contribution in [0.15, 0.2) is 0 Å². The summed E-state index contributed by atoms with van der Waals surface area (Å²) in [6.45, 7) is 2.60. The SMILES string of the molecule is O=C(COC1CCNCC1)N(CCO)C1CCC1. The summed E-state index contributed by atoms with van der Waals surface area (Å²) in [5, 5.41) is 12.3. The highest BCUT2D eigenvalue weighted by molar-refractivity contribution is 5.78. The molecule has 0 aromatic heterocycles. The number of hydrogen-bond acceptors (Lipinski definition) is 4. The standard InChI is InChI=1S/C13H24N2O3/c16-9-8-15(11-2-1-3-11)13(17)10-18-12-4-6-14-7-5-12/h11-12,14,16H,1-10H2. The van der Waals surface area contributed by atoms with E-state index in [-0.39, 0.29) is 25.2 Å². The van der Waals surface area contributed by atoms with Gasteiger partial charge in [-0.15, -0.1) is 0 Å². The Hall–Kier alpha value is -0.650. The number of hydrogen-bond donors (Lipinski definition) is 2. The number of piperidine rings is 1. The molecule has 18 heavy (non-hydrogen) atoms. The lowest BCUT2D eigenvalue weighted by Crippen LogP contribution is -2.47. The number of ether oxygens (including phenoxy) is 1. The van der Waals surface area contributed by atoms with Crippen molar-refractivity contribution in [3.8, 4) is 0 Å². The predicted octanol–water partition coefficient (Wildman–Crippen LogP) is 0.128. The Kier molecular flexibility index (Phi) is 5.41. The first-order valence-corrected chi connectivity index (χ1v) is 7.04. The number of carbonyl (C=O) groups is 1. The van der Waals surface area contributed by atoms with E-state index in [1.165, 1.54) is 6.42 Å². The third-order valence-electron chi connectivity index (χ3n) is 3.91. The number of carbonyl (C=O) groups excluding carboxylic acids is 1. The van der Waals surface area contributed by atoms with E-state index in [1.54, 1.807) is 4.90 Å². The van der Waals surface area contributed by atoms with Crippen LogP contribution < -0.4 is 5.32 Å². The Morgan fingerprint density at radius 3 is 2.56 bits per heavy atom. The second-order valence-electron chi connectivity index (χ2n) is 5.16. The number of nitrogens with one attached hydrogen (secondary N) is 1. The number of nitrogens with zero attached hydrogens (tertiary/aromatic N) is 1. The van der Waals surface area contributed by atoms with Gasteiger partial charge in [-0.25, -0.2) is 0 Å². The van der Waals surface area contributed by atoms with Crippen molar-refractivity contribution >= 4 is 5.91 Å². The van der Waals surface area contributed by atoms with Crippen LogP contribution in [0.5, 0.6) is 0 Å². The summed E-state index contributed by atoms with van der Waals surface area (Å²) >= 11 is 0. The molecule has 0 bridgehead atoms. The predicted molar refractivity (Wildman–Crippen MR) is 68.3 cm³/mol. The van der Waals surface area contributed by atoms with E-state index < -0.39 is 0 Å². The van der Waals surface area contributed by atoms with Crippen molar-refractivity contribution in [1.29, 1.82) is 0 Å². The zero-order valence-corrected chi connectivity index (χ0v) is 10.9. The van der Waals surface area contributed by atoms with Crippen molar-refractivity contribution in [2.45, 2.75) is 44.2 Å². The Balaban J connectivity index is 1.73. The normalized spacial score (nSPS) is 21.6. The van der Waals surface area contributed by atoms with Crippen LogP contribution in [0.3, 0.4) is 0 Å². The van der Waals surface area contributed by atoms with Gasteiger partial charge in [0.25, 0.3) is 0 Å². The molecule has 0 atom stereocenters. The summed E-state index contributed by atoms with van der Waals surface area (Å²) in [5.74, 6) is 0.0345. The van der Waals surface area contributed by atoms with Gasteiger partial charge in [-0.05, 0) is 45.2 Å². The van der Waals surface area contributed by atoms with Crippen molar-refractivity contribution in [3.63, 3.8) is 0 Å². The van der Waals surface area contributed by atoms with Crippen LogP contribution in [0, 0.1) is 0 Å². The van der Waals surface area contributed by atoms with E-state index >= 15 is 0 Å². The molecule has 1 amide bonds. The fraction of sp³-hybridized carbons (Fsp3) is 0.923. The van der Waals surface area contributed by atoms with Crippen molar-refractivity contribution in [1.82, 2.24) is 10.2 Å². The second kappa shape index (κ2) is 7.07. The molecule has 1 heterocycles. The summed E-state index contributed by atoms with van der Waals surface area (Å²) in [6.07, 6.45) is 5.51. The molecule has 0 unspecified atom stereocenters. The van der Waals surface area contributed by atoms with E-state index in [0.29, 0.717) is 12.6 Å². The van der Waals surface area contributed by atoms with E-state index in [0.717, 1.165) is 38.8 Å². The molecule has 1 aliphatic carbocycles. The van der Waals surface area contributed by atoms with Crippen molar-refractivity contribution in [2.24, 2.45) is 0 Å². The lowest BCUT2D eigenvalue weighted by molar-refractivity contribution is -0.143. The molecule has 0 spiro atoms. The molecule has 0 aromatic rings. The zero-order chi connectivity index (χ0) is 12.8. The van der Waals surface area contributed by atoms with Crippen LogP contribution in [0.25, 0.3) is 0 Å². The van der Waals surface area contributed by atoms with Crippen LogP contribution in [-0.2, 0) is 9.53 Å². The van der Waals surface area contributed by atoms with Crippen molar-refractivity contribution in [2.75, 3.05) is 32.8 Å². The highest BCUT2D eigenvalue weighted by atomic mass is 16.5. The quantitative estimate of drug-likeness (QED) is 0.709. The average molecular weight is 256 g/mol. The monoisotopic (exact) mass is 256 g/mol. The minimum Gasteiger partial charge on any atom is -0.395 e. The maximum atomic E-state index is 12.1. The smallest absolute Gasteiger partial charge is 0.248 e. The second-order valence-corrected chi connectivity index (χ2v) is 5.16. The fourth-order valence-electron chi connectivity index (χ4n) is 2.55. The van der Waals surface area contributed by atoms with Crippen molar-refractivity contribution in [3.05, 3.63) is 0 Å². The molecule has 2 N–H and O–H groups in total. The van der Waals surface area contributed by atoms with Gasteiger partial charge in [0.2, 0.25) is 5.91 Å². The lowest BCUT2D eigenvalue weighted by atomic mass is 9.91. The molecule has 2 fully saturated rings. The van der Waals surface area contributed by atoms with Gasteiger partial charge in [0.1, 0.15) is 6.61 Å². The summed E-state index contributed by atoms with van der Waals surface area (Å²) < 4.78 is 5.68. The van der Waals surface area contributed by atoms with Crippen LogP contribution in [0.2, 0.25) is 0 Å². The Labute approximate surface area is 108 Å². The van der Waals surface area contributed by atoms with Gasteiger partial charge in [-0.1, -0.05) is 0 Å². The fourth-order valence-corrected chi connectivity index (χ4v) is 2.55. The van der Waals surface area contributed by atoms with E-state index in [4.69, 9.17) is 9.84 Å². The summed E-state index contributed by atoms with van der Waals surface area (Å²) in [5.41, 5.74) is 0. The molecule has 2 aliphatic rings.